The minimum absolute atomic E-state index is 0.157. The van der Waals surface area contributed by atoms with Crippen LogP contribution in [0.15, 0.2) is 22.7 Å². The lowest BCUT2D eigenvalue weighted by molar-refractivity contribution is 0.0709. The van der Waals surface area contributed by atoms with E-state index in [-0.39, 0.29) is 12.5 Å². The zero-order chi connectivity index (χ0) is 14.2. The maximum atomic E-state index is 12.3. The van der Waals surface area contributed by atoms with E-state index in [1.807, 2.05) is 18.2 Å². The summed E-state index contributed by atoms with van der Waals surface area (Å²) in [5.74, 6) is -0.157. The van der Waals surface area contributed by atoms with Gasteiger partial charge in [-0.05, 0) is 19.1 Å². The Morgan fingerprint density at radius 3 is 2.89 bits per heavy atom. The molecule has 0 radical (unpaired) electrons. The van der Waals surface area contributed by atoms with Crippen LogP contribution in [-0.2, 0) is 0 Å². The Bertz CT molecular complexity index is 624. The molecule has 1 unspecified atom stereocenters. The molecule has 2 aromatic rings. The van der Waals surface area contributed by atoms with Crippen molar-refractivity contribution in [2.24, 2.45) is 0 Å². The summed E-state index contributed by atoms with van der Waals surface area (Å²) in [5.41, 5.74) is 6.55. The Labute approximate surface area is 124 Å². The van der Waals surface area contributed by atoms with Gasteiger partial charge < -0.3 is 15.7 Å². The molecule has 0 bridgehead atoms. The van der Waals surface area contributed by atoms with Gasteiger partial charge in [0.15, 0.2) is 0 Å². The highest BCUT2D eigenvalue weighted by Crippen LogP contribution is 2.35. The second-order valence-corrected chi connectivity index (χ2v) is 6.49. The van der Waals surface area contributed by atoms with Gasteiger partial charge >= 0.3 is 0 Å². The van der Waals surface area contributed by atoms with Crippen LogP contribution >= 0.6 is 27.3 Å². The summed E-state index contributed by atoms with van der Waals surface area (Å²) >= 11 is 4.78. The number of anilines is 1. The van der Waals surface area contributed by atoms with Gasteiger partial charge in [-0.15, -0.1) is 11.3 Å². The SMILES string of the molecule is CC(O)CN(C)C(=O)c1sc2cc(Br)ccc2c1N. The third-order valence-electron chi connectivity index (χ3n) is 2.77. The Hall–Kier alpha value is -1.11. The normalized spacial score (nSPS) is 12.6. The van der Waals surface area contributed by atoms with Crippen LogP contribution in [0.1, 0.15) is 16.6 Å². The molecule has 102 valence electrons. The maximum absolute atomic E-state index is 12.3. The van der Waals surface area contributed by atoms with E-state index in [0.717, 1.165) is 14.6 Å². The first-order valence-corrected chi connectivity index (χ1v) is 7.42. The van der Waals surface area contributed by atoms with E-state index < -0.39 is 6.10 Å². The highest BCUT2D eigenvalue weighted by Gasteiger charge is 2.20. The second-order valence-electron chi connectivity index (χ2n) is 4.52. The smallest absolute Gasteiger partial charge is 0.265 e. The highest BCUT2D eigenvalue weighted by molar-refractivity contribution is 9.10. The van der Waals surface area contributed by atoms with Gasteiger partial charge in [0.25, 0.3) is 5.91 Å². The summed E-state index contributed by atoms with van der Waals surface area (Å²) < 4.78 is 1.93. The first-order valence-electron chi connectivity index (χ1n) is 5.81. The van der Waals surface area contributed by atoms with Gasteiger partial charge in [0.2, 0.25) is 0 Å². The van der Waals surface area contributed by atoms with Gasteiger partial charge in [-0.1, -0.05) is 22.0 Å². The number of thiophene rings is 1. The number of fused-ring (bicyclic) bond motifs is 1. The molecule has 1 heterocycles. The van der Waals surface area contributed by atoms with E-state index in [2.05, 4.69) is 15.9 Å². The lowest BCUT2D eigenvalue weighted by Gasteiger charge is -2.18. The van der Waals surface area contributed by atoms with Gasteiger partial charge in [-0.25, -0.2) is 0 Å². The highest BCUT2D eigenvalue weighted by atomic mass is 79.9. The summed E-state index contributed by atoms with van der Waals surface area (Å²) in [6.07, 6.45) is -0.557. The zero-order valence-electron chi connectivity index (χ0n) is 10.7. The van der Waals surface area contributed by atoms with Crippen LogP contribution in [0.3, 0.4) is 0 Å². The average molecular weight is 343 g/mol. The third kappa shape index (κ3) is 2.91. The lowest BCUT2D eigenvalue weighted by Crippen LogP contribution is -2.32. The molecule has 0 saturated carbocycles. The first kappa shape index (κ1) is 14.3. The molecule has 3 N–H and O–H groups in total. The monoisotopic (exact) mass is 342 g/mol. The molecule has 19 heavy (non-hydrogen) atoms. The molecule has 2 rings (SSSR count). The number of hydrogen-bond donors (Lipinski definition) is 2. The van der Waals surface area contributed by atoms with Crippen LogP contribution in [0.2, 0.25) is 0 Å². The molecule has 1 atom stereocenters. The molecular weight excluding hydrogens is 328 g/mol. The zero-order valence-corrected chi connectivity index (χ0v) is 13.1. The number of nitrogens with zero attached hydrogens (tertiary/aromatic N) is 1. The van der Waals surface area contributed by atoms with E-state index in [1.54, 1.807) is 14.0 Å². The average Bonchev–Trinajstić information content (AvgIpc) is 2.64. The van der Waals surface area contributed by atoms with Gasteiger partial charge in [-0.3, -0.25) is 4.79 Å². The van der Waals surface area contributed by atoms with Crippen LogP contribution in [0, 0.1) is 0 Å². The van der Waals surface area contributed by atoms with E-state index >= 15 is 0 Å². The summed E-state index contributed by atoms with van der Waals surface area (Å²) in [4.78, 5) is 14.3. The predicted octanol–water partition coefficient (Wildman–Crippen LogP) is 2.70. The van der Waals surface area contributed by atoms with Crippen molar-refractivity contribution in [2.45, 2.75) is 13.0 Å². The van der Waals surface area contributed by atoms with E-state index in [0.29, 0.717) is 10.6 Å². The van der Waals surface area contributed by atoms with Gasteiger partial charge in [-0.2, -0.15) is 0 Å². The van der Waals surface area contributed by atoms with Gasteiger partial charge in [0.05, 0.1) is 11.8 Å². The summed E-state index contributed by atoms with van der Waals surface area (Å²) in [6, 6.07) is 5.75. The topological polar surface area (TPSA) is 66.6 Å². The number of aliphatic hydroxyl groups excluding tert-OH is 1. The quantitative estimate of drug-likeness (QED) is 0.901. The number of benzene rings is 1. The van der Waals surface area contributed by atoms with E-state index in [4.69, 9.17) is 5.73 Å². The van der Waals surface area contributed by atoms with Crippen molar-refractivity contribution >= 4 is 48.9 Å². The molecule has 0 aliphatic rings. The number of amides is 1. The Balaban J connectivity index is 2.40. The van der Waals surface area contributed by atoms with Crippen molar-refractivity contribution in [3.63, 3.8) is 0 Å². The number of halogens is 1. The fraction of sp³-hybridized carbons (Fsp3) is 0.308. The van der Waals surface area contributed by atoms with Crippen LogP contribution in [0.4, 0.5) is 5.69 Å². The van der Waals surface area contributed by atoms with E-state index in [1.165, 1.54) is 16.2 Å². The molecule has 0 aliphatic heterocycles. The van der Waals surface area contributed by atoms with E-state index in [9.17, 15) is 9.90 Å². The van der Waals surface area contributed by atoms with Crippen molar-refractivity contribution in [1.82, 2.24) is 4.90 Å². The first-order chi connectivity index (χ1) is 8.90. The van der Waals surface area contributed by atoms with Crippen molar-refractivity contribution in [1.29, 1.82) is 0 Å². The number of carbonyl (C=O) groups is 1. The fourth-order valence-corrected chi connectivity index (χ4v) is 3.57. The summed E-state index contributed by atoms with van der Waals surface area (Å²) in [7, 11) is 1.66. The Morgan fingerprint density at radius 2 is 2.26 bits per heavy atom. The van der Waals surface area contributed by atoms with Crippen LogP contribution in [0.5, 0.6) is 0 Å². The third-order valence-corrected chi connectivity index (χ3v) is 4.42. The van der Waals surface area contributed by atoms with Gasteiger partial charge in [0, 0.05) is 28.2 Å². The minimum Gasteiger partial charge on any atom is -0.397 e. The summed E-state index contributed by atoms with van der Waals surface area (Å²) in [5, 5.41) is 10.2. The molecule has 0 aliphatic carbocycles. The molecule has 0 spiro atoms. The molecule has 0 fully saturated rings. The molecule has 4 nitrogen and oxygen atoms in total. The number of carbonyl (C=O) groups excluding carboxylic acids is 1. The number of rotatable bonds is 3. The number of aliphatic hydroxyl groups is 1. The van der Waals surface area contributed by atoms with Gasteiger partial charge in [0.1, 0.15) is 4.88 Å². The fourth-order valence-electron chi connectivity index (χ4n) is 1.90. The number of likely N-dealkylation sites (N-methyl/N-ethyl adjacent to an activating group) is 1. The largest absolute Gasteiger partial charge is 0.397 e. The summed E-state index contributed by atoms with van der Waals surface area (Å²) in [6.45, 7) is 1.94. The van der Waals surface area contributed by atoms with Crippen LogP contribution < -0.4 is 5.73 Å². The predicted molar refractivity (Wildman–Crippen MR) is 82.6 cm³/mol. The number of hydrogen-bond acceptors (Lipinski definition) is 4. The second kappa shape index (κ2) is 5.48. The molecule has 1 aromatic heterocycles. The Morgan fingerprint density at radius 1 is 1.58 bits per heavy atom. The standard InChI is InChI=1S/C13H15BrN2O2S/c1-7(17)6-16(2)13(18)12-11(15)9-4-3-8(14)5-10(9)19-12/h3-5,7,17H,6,15H2,1-2H3. The van der Waals surface area contributed by atoms with Crippen LogP contribution in [0.25, 0.3) is 10.1 Å². The number of nitrogens with two attached hydrogens (primary N) is 1. The van der Waals surface area contributed by atoms with Crippen LogP contribution in [-0.4, -0.2) is 35.6 Å². The van der Waals surface area contributed by atoms with Crippen molar-refractivity contribution in [2.75, 3.05) is 19.3 Å². The van der Waals surface area contributed by atoms with Crippen molar-refractivity contribution in [3.05, 3.63) is 27.5 Å². The number of nitrogen functional groups attached to an aromatic ring is 1. The molecular formula is C13H15BrN2O2S. The maximum Gasteiger partial charge on any atom is 0.265 e. The minimum atomic E-state index is -0.557. The van der Waals surface area contributed by atoms with Crippen molar-refractivity contribution in [3.8, 4) is 0 Å². The Kier molecular flexibility index (Phi) is 4.13. The molecule has 6 heteroatoms. The van der Waals surface area contributed by atoms with Crippen molar-refractivity contribution < 1.29 is 9.90 Å². The lowest BCUT2D eigenvalue weighted by atomic mass is 10.2. The molecule has 1 amide bonds. The molecule has 0 saturated heterocycles. The molecule has 1 aromatic carbocycles.